The van der Waals surface area contributed by atoms with Crippen LogP contribution in [-0.2, 0) is 4.74 Å². The SMILES string of the molecule is CCNC(c1ccc(OC)cc1)C1(OCC)CCCCC1. The van der Waals surface area contributed by atoms with Crippen molar-refractivity contribution in [3.8, 4) is 5.75 Å². The molecule has 1 N–H and O–H groups in total. The predicted molar refractivity (Wildman–Crippen MR) is 86.9 cm³/mol. The van der Waals surface area contributed by atoms with Crippen LogP contribution in [0.15, 0.2) is 24.3 Å². The molecule has 0 heterocycles. The summed E-state index contributed by atoms with van der Waals surface area (Å²) in [6, 6.07) is 8.68. The van der Waals surface area contributed by atoms with Crippen molar-refractivity contribution in [2.24, 2.45) is 0 Å². The highest BCUT2D eigenvalue weighted by Gasteiger charge is 2.41. The average molecular weight is 291 g/mol. The molecule has 21 heavy (non-hydrogen) atoms. The molecule has 3 nitrogen and oxygen atoms in total. The lowest BCUT2D eigenvalue weighted by molar-refractivity contribution is -0.0910. The highest BCUT2D eigenvalue weighted by Crippen LogP contribution is 2.41. The summed E-state index contributed by atoms with van der Waals surface area (Å²) >= 11 is 0. The van der Waals surface area contributed by atoms with E-state index < -0.39 is 0 Å². The third-order valence-electron chi connectivity index (χ3n) is 4.52. The van der Waals surface area contributed by atoms with Crippen LogP contribution in [0.5, 0.6) is 5.75 Å². The molecule has 1 aliphatic carbocycles. The van der Waals surface area contributed by atoms with E-state index in [2.05, 4.69) is 31.3 Å². The Labute approximate surface area is 129 Å². The number of hydrogen-bond acceptors (Lipinski definition) is 3. The average Bonchev–Trinajstić information content (AvgIpc) is 2.54. The Morgan fingerprint density at radius 3 is 2.29 bits per heavy atom. The summed E-state index contributed by atoms with van der Waals surface area (Å²) in [5, 5.41) is 3.67. The van der Waals surface area contributed by atoms with Crippen molar-refractivity contribution in [3.05, 3.63) is 29.8 Å². The summed E-state index contributed by atoms with van der Waals surface area (Å²) in [7, 11) is 1.71. The highest BCUT2D eigenvalue weighted by molar-refractivity contribution is 5.31. The van der Waals surface area contributed by atoms with Gasteiger partial charge in [-0.1, -0.05) is 38.3 Å². The molecule has 1 unspecified atom stereocenters. The van der Waals surface area contributed by atoms with E-state index in [9.17, 15) is 0 Å². The predicted octanol–water partition coefficient (Wildman–Crippen LogP) is 4.09. The molecule has 0 radical (unpaired) electrons. The Morgan fingerprint density at radius 1 is 1.10 bits per heavy atom. The molecule has 0 amide bonds. The van der Waals surface area contributed by atoms with Crippen molar-refractivity contribution < 1.29 is 9.47 Å². The Kier molecular flexibility index (Phi) is 6.07. The minimum Gasteiger partial charge on any atom is -0.497 e. The van der Waals surface area contributed by atoms with Crippen molar-refractivity contribution in [3.63, 3.8) is 0 Å². The van der Waals surface area contributed by atoms with E-state index in [-0.39, 0.29) is 11.6 Å². The second kappa shape index (κ2) is 7.81. The lowest BCUT2D eigenvalue weighted by atomic mass is 9.76. The molecule has 0 aromatic heterocycles. The molecule has 1 saturated carbocycles. The highest BCUT2D eigenvalue weighted by atomic mass is 16.5. The molecule has 2 rings (SSSR count). The summed E-state index contributed by atoms with van der Waals surface area (Å²) in [4.78, 5) is 0. The van der Waals surface area contributed by atoms with E-state index in [1.807, 2.05) is 12.1 Å². The lowest BCUT2D eigenvalue weighted by Gasteiger charge is -2.44. The van der Waals surface area contributed by atoms with Crippen molar-refractivity contribution in [1.82, 2.24) is 5.32 Å². The zero-order chi connectivity index (χ0) is 15.1. The van der Waals surface area contributed by atoms with Gasteiger partial charge in [0.2, 0.25) is 0 Å². The van der Waals surface area contributed by atoms with Gasteiger partial charge >= 0.3 is 0 Å². The van der Waals surface area contributed by atoms with Crippen LogP contribution in [0.1, 0.15) is 57.6 Å². The molecule has 118 valence electrons. The maximum Gasteiger partial charge on any atom is 0.118 e. The van der Waals surface area contributed by atoms with Crippen LogP contribution >= 0.6 is 0 Å². The molecule has 0 spiro atoms. The Balaban J connectivity index is 2.29. The Hall–Kier alpha value is -1.06. The smallest absolute Gasteiger partial charge is 0.118 e. The van der Waals surface area contributed by atoms with E-state index in [4.69, 9.17) is 9.47 Å². The Morgan fingerprint density at radius 2 is 1.76 bits per heavy atom. The number of likely N-dealkylation sites (N-methyl/N-ethyl adjacent to an activating group) is 1. The fourth-order valence-electron chi connectivity index (χ4n) is 3.56. The zero-order valence-electron chi connectivity index (χ0n) is 13.7. The van der Waals surface area contributed by atoms with E-state index in [1.165, 1.54) is 24.8 Å². The summed E-state index contributed by atoms with van der Waals surface area (Å²) < 4.78 is 11.6. The lowest BCUT2D eigenvalue weighted by Crippen LogP contribution is -2.47. The van der Waals surface area contributed by atoms with E-state index >= 15 is 0 Å². The summed E-state index contributed by atoms with van der Waals surface area (Å²) in [6.45, 7) is 6.00. The van der Waals surface area contributed by atoms with E-state index in [1.54, 1.807) is 7.11 Å². The molecular weight excluding hydrogens is 262 g/mol. The number of rotatable bonds is 7. The van der Waals surface area contributed by atoms with Crippen molar-refractivity contribution in [2.75, 3.05) is 20.3 Å². The van der Waals surface area contributed by atoms with Crippen LogP contribution < -0.4 is 10.1 Å². The minimum atomic E-state index is -0.0579. The quantitative estimate of drug-likeness (QED) is 0.821. The van der Waals surface area contributed by atoms with Gasteiger partial charge in [-0.2, -0.15) is 0 Å². The van der Waals surface area contributed by atoms with Crippen LogP contribution in [0.2, 0.25) is 0 Å². The maximum atomic E-state index is 6.30. The number of hydrogen-bond donors (Lipinski definition) is 1. The van der Waals surface area contributed by atoms with Gasteiger partial charge in [0, 0.05) is 6.61 Å². The van der Waals surface area contributed by atoms with Crippen molar-refractivity contribution >= 4 is 0 Å². The Bertz CT molecular complexity index is 404. The van der Waals surface area contributed by atoms with Crippen LogP contribution in [0.4, 0.5) is 0 Å². The van der Waals surface area contributed by atoms with Gasteiger partial charge in [-0.15, -0.1) is 0 Å². The maximum absolute atomic E-state index is 6.30. The number of benzene rings is 1. The van der Waals surface area contributed by atoms with Crippen molar-refractivity contribution in [1.29, 1.82) is 0 Å². The first kappa shape index (κ1) is 16.3. The molecule has 3 heteroatoms. The van der Waals surface area contributed by atoms with Gasteiger partial charge < -0.3 is 14.8 Å². The van der Waals surface area contributed by atoms with Gasteiger partial charge in [-0.25, -0.2) is 0 Å². The number of ether oxygens (including phenoxy) is 2. The van der Waals surface area contributed by atoms with Crippen LogP contribution in [0, 0.1) is 0 Å². The van der Waals surface area contributed by atoms with Gasteiger partial charge in [0.05, 0.1) is 18.8 Å². The van der Waals surface area contributed by atoms with Crippen LogP contribution in [0.3, 0.4) is 0 Å². The molecule has 1 aliphatic rings. The molecule has 0 saturated heterocycles. The first-order chi connectivity index (χ1) is 10.3. The molecule has 1 atom stereocenters. The van der Waals surface area contributed by atoms with E-state index in [0.29, 0.717) is 0 Å². The molecule has 1 fully saturated rings. The first-order valence-corrected chi connectivity index (χ1v) is 8.27. The molecule has 0 aliphatic heterocycles. The topological polar surface area (TPSA) is 30.5 Å². The monoisotopic (exact) mass is 291 g/mol. The largest absolute Gasteiger partial charge is 0.497 e. The van der Waals surface area contributed by atoms with Gasteiger partial charge in [-0.3, -0.25) is 0 Å². The third-order valence-corrected chi connectivity index (χ3v) is 4.52. The number of methoxy groups -OCH3 is 1. The van der Waals surface area contributed by atoms with Gasteiger partial charge in [0.1, 0.15) is 5.75 Å². The first-order valence-electron chi connectivity index (χ1n) is 8.27. The van der Waals surface area contributed by atoms with Crippen molar-refractivity contribution in [2.45, 2.75) is 57.6 Å². The zero-order valence-corrected chi connectivity index (χ0v) is 13.7. The van der Waals surface area contributed by atoms with Crippen LogP contribution in [-0.4, -0.2) is 25.9 Å². The molecular formula is C18H29NO2. The normalized spacial score (nSPS) is 19.2. The number of nitrogens with one attached hydrogen (secondary N) is 1. The third kappa shape index (κ3) is 3.78. The standard InChI is InChI=1S/C18H29NO2/c1-4-19-17(15-9-11-16(20-3)12-10-15)18(21-5-2)13-7-6-8-14-18/h9-12,17,19H,4-8,13-14H2,1-3H3. The molecule has 0 bridgehead atoms. The summed E-state index contributed by atoms with van der Waals surface area (Å²) in [5.74, 6) is 0.906. The van der Waals surface area contributed by atoms with Gasteiger partial charge in [-0.05, 0) is 44.0 Å². The van der Waals surface area contributed by atoms with Gasteiger partial charge in [0.25, 0.3) is 0 Å². The molecule has 1 aromatic rings. The summed E-state index contributed by atoms with van der Waals surface area (Å²) in [6.07, 6.45) is 6.14. The van der Waals surface area contributed by atoms with Gasteiger partial charge in [0.15, 0.2) is 0 Å². The fraction of sp³-hybridized carbons (Fsp3) is 0.667. The minimum absolute atomic E-state index is 0.0579. The second-order valence-electron chi connectivity index (χ2n) is 5.82. The summed E-state index contributed by atoms with van der Waals surface area (Å²) in [5.41, 5.74) is 1.24. The molecule has 1 aromatic carbocycles. The van der Waals surface area contributed by atoms with E-state index in [0.717, 1.165) is 31.7 Å². The fourth-order valence-corrected chi connectivity index (χ4v) is 3.56. The van der Waals surface area contributed by atoms with Crippen LogP contribution in [0.25, 0.3) is 0 Å². The second-order valence-corrected chi connectivity index (χ2v) is 5.82.